The van der Waals surface area contributed by atoms with Crippen LogP contribution in [0.1, 0.15) is 16.7 Å². The van der Waals surface area contributed by atoms with E-state index < -0.39 is 0 Å². The number of nitrogens with one attached hydrogen (secondary N) is 2. The smallest absolute Gasteiger partial charge is 0.239 e. The van der Waals surface area contributed by atoms with Gasteiger partial charge in [0.15, 0.2) is 0 Å². The van der Waals surface area contributed by atoms with Crippen LogP contribution in [-0.2, 0) is 11.3 Å². The Hall–Kier alpha value is -2.00. The molecule has 0 spiro atoms. The fourth-order valence-corrected chi connectivity index (χ4v) is 2.09. The standard InChI is InChI=1S/C17H19ClN2O/c1-12-3-4-13(2)16(9-12)19-11-17(21)20-10-14-5-7-15(18)8-6-14/h3-9,19H,10-11H2,1-2H3,(H,20,21). The molecule has 21 heavy (non-hydrogen) atoms. The average Bonchev–Trinajstić information content (AvgIpc) is 2.47. The maximum Gasteiger partial charge on any atom is 0.239 e. The third-order valence-electron chi connectivity index (χ3n) is 3.24. The van der Waals surface area contributed by atoms with Crippen LogP contribution in [-0.4, -0.2) is 12.5 Å². The maximum atomic E-state index is 11.9. The third kappa shape index (κ3) is 4.80. The monoisotopic (exact) mass is 302 g/mol. The Morgan fingerprint density at radius 3 is 2.52 bits per heavy atom. The molecular formula is C17H19ClN2O. The minimum Gasteiger partial charge on any atom is -0.376 e. The van der Waals surface area contributed by atoms with Crippen molar-refractivity contribution >= 4 is 23.2 Å². The molecule has 2 N–H and O–H groups in total. The van der Waals surface area contributed by atoms with Gasteiger partial charge in [0.05, 0.1) is 6.54 Å². The number of aryl methyl sites for hydroxylation is 2. The van der Waals surface area contributed by atoms with Crippen LogP contribution < -0.4 is 10.6 Å². The highest BCUT2D eigenvalue weighted by atomic mass is 35.5. The van der Waals surface area contributed by atoms with Crippen molar-refractivity contribution in [1.82, 2.24) is 5.32 Å². The lowest BCUT2D eigenvalue weighted by Gasteiger charge is -2.11. The van der Waals surface area contributed by atoms with Crippen LogP contribution in [0.5, 0.6) is 0 Å². The zero-order chi connectivity index (χ0) is 15.2. The molecule has 2 rings (SSSR count). The Kier molecular flexibility index (Phi) is 5.23. The molecular weight excluding hydrogens is 284 g/mol. The van der Waals surface area contributed by atoms with Gasteiger partial charge in [0.1, 0.15) is 0 Å². The lowest BCUT2D eigenvalue weighted by molar-refractivity contribution is -0.119. The van der Waals surface area contributed by atoms with Crippen molar-refractivity contribution in [3.05, 3.63) is 64.2 Å². The average molecular weight is 303 g/mol. The first-order valence-electron chi connectivity index (χ1n) is 6.87. The van der Waals surface area contributed by atoms with Crippen LogP contribution in [0.3, 0.4) is 0 Å². The molecule has 0 heterocycles. The highest BCUT2D eigenvalue weighted by Crippen LogP contribution is 2.15. The molecule has 0 bridgehead atoms. The van der Waals surface area contributed by atoms with Crippen LogP contribution in [0.15, 0.2) is 42.5 Å². The van der Waals surface area contributed by atoms with Gasteiger partial charge in [-0.05, 0) is 48.7 Å². The molecule has 0 radical (unpaired) electrons. The van der Waals surface area contributed by atoms with E-state index in [1.807, 2.05) is 50.2 Å². The van der Waals surface area contributed by atoms with E-state index in [1.165, 1.54) is 5.56 Å². The zero-order valence-corrected chi connectivity index (χ0v) is 13.0. The second-order valence-corrected chi connectivity index (χ2v) is 5.51. The minimum absolute atomic E-state index is 0.0362. The van der Waals surface area contributed by atoms with E-state index in [-0.39, 0.29) is 12.5 Å². The molecule has 2 aromatic rings. The van der Waals surface area contributed by atoms with E-state index in [1.54, 1.807) is 0 Å². The van der Waals surface area contributed by atoms with Crippen LogP contribution in [0.2, 0.25) is 5.02 Å². The molecule has 2 aromatic carbocycles. The molecule has 0 atom stereocenters. The van der Waals surface area contributed by atoms with Gasteiger partial charge in [0.25, 0.3) is 0 Å². The van der Waals surface area contributed by atoms with Crippen LogP contribution >= 0.6 is 11.6 Å². The van der Waals surface area contributed by atoms with Gasteiger partial charge in [0.2, 0.25) is 5.91 Å². The summed E-state index contributed by atoms with van der Waals surface area (Å²) in [5, 5.41) is 6.74. The molecule has 4 heteroatoms. The molecule has 110 valence electrons. The summed E-state index contributed by atoms with van der Waals surface area (Å²) >= 11 is 5.82. The summed E-state index contributed by atoms with van der Waals surface area (Å²) in [7, 11) is 0. The quantitative estimate of drug-likeness (QED) is 0.884. The van der Waals surface area contributed by atoms with Crippen LogP contribution in [0.25, 0.3) is 0 Å². The largest absolute Gasteiger partial charge is 0.376 e. The summed E-state index contributed by atoms with van der Waals surface area (Å²) < 4.78 is 0. The summed E-state index contributed by atoms with van der Waals surface area (Å²) in [6.07, 6.45) is 0. The summed E-state index contributed by atoms with van der Waals surface area (Å²) in [5.41, 5.74) is 4.33. The van der Waals surface area contributed by atoms with Gasteiger partial charge in [-0.3, -0.25) is 4.79 Å². The number of rotatable bonds is 5. The number of benzene rings is 2. The van der Waals surface area contributed by atoms with Crippen LogP contribution in [0.4, 0.5) is 5.69 Å². The van der Waals surface area contributed by atoms with E-state index >= 15 is 0 Å². The van der Waals surface area contributed by atoms with Gasteiger partial charge in [-0.2, -0.15) is 0 Å². The number of hydrogen-bond acceptors (Lipinski definition) is 2. The topological polar surface area (TPSA) is 41.1 Å². The lowest BCUT2D eigenvalue weighted by Crippen LogP contribution is -2.29. The van der Waals surface area contributed by atoms with Gasteiger partial charge in [0, 0.05) is 17.3 Å². The minimum atomic E-state index is -0.0362. The molecule has 0 saturated carbocycles. The van der Waals surface area contributed by atoms with Gasteiger partial charge in [-0.25, -0.2) is 0 Å². The Bertz CT molecular complexity index is 623. The maximum absolute atomic E-state index is 11.9. The summed E-state index contributed by atoms with van der Waals surface area (Å²) in [6, 6.07) is 13.6. The van der Waals surface area contributed by atoms with Gasteiger partial charge in [-0.15, -0.1) is 0 Å². The van der Waals surface area contributed by atoms with E-state index in [0.29, 0.717) is 11.6 Å². The molecule has 0 aliphatic carbocycles. The Labute approximate surface area is 130 Å². The number of hydrogen-bond donors (Lipinski definition) is 2. The second kappa shape index (κ2) is 7.14. The Morgan fingerprint density at radius 1 is 1.10 bits per heavy atom. The van der Waals surface area contributed by atoms with Gasteiger partial charge < -0.3 is 10.6 Å². The fourth-order valence-electron chi connectivity index (χ4n) is 1.97. The Morgan fingerprint density at radius 2 is 1.81 bits per heavy atom. The first-order valence-corrected chi connectivity index (χ1v) is 7.24. The summed E-state index contributed by atoms with van der Waals surface area (Å²) in [4.78, 5) is 11.9. The molecule has 0 saturated heterocycles. The Balaban J connectivity index is 1.82. The van der Waals surface area contributed by atoms with Crippen LogP contribution in [0, 0.1) is 13.8 Å². The fraction of sp³-hybridized carbons (Fsp3) is 0.235. The molecule has 0 aliphatic heterocycles. The van der Waals surface area contributed by atoms with Crippen molar-refractivity contribution in [2.45, 2.75) is 20.4 Å². The van der Waals surface area contributed by atoms with E-state index in [4.69, 9.17) is 11.6 Å². The van der Waals surface area contributed by atoms with Crippen molar-refractivity contribution in [1.29, 1.82) is 0 Å². The second-order valence-electron chi connectivity index (χ2n) is 5.08. The number of carbonyl (C=O) groups excluding carboxylic acids is 1. The normalized spacial score (nSPS) is 10.2. The van der Waals surface area contributed by atoms with E-state index in [2.05, 4.69) is 16.7 Å². The van der Waals surface area contributed by atoms with Crippen molar-refractivity contribution in [3.63, 3.8) is 0 Å². The molecule has 0 unspecified atom stereocenters. The molecule has 3 nitrogen and oxygen atoms in total. The SMILES string of the molecule is Cc1ccc(C)c(NCC(=O)NCc2ccc(Cl)cc2)c1. The third-order valence-corrected chi connectivity index (χ3v) is 3.49. The predicted molar refractivity (Wildman–Crippen MR) is 87.7 cm³/mol. The zero-order valence-electron chi connectivity index (χ0n) is 12.2. The number of amides is 1. The number of anilines is 1. The van der Waals surface area contributed by atoms with Gasteiger partial charge in [-0.1, -0.05) is 35.9 Å². The number of halogens is 1. The van der Waals surface area contributed by atoms with Crippen molar-refractivity contribution in [2.75, 3.05) is 11.9 Å². The first kappa shape index (κ1) is 15.4. The molecule has 1 amide bonds. The van der Waals surface area contributed by atoms with Gasteiger partial charge >= 0.3 is 0 Å². The molecule has 0 fully saturated rings. The lowest BCUT2D eigenvalue weighted by atomic mass is 10.1. The molecule has 0 aromatic heterocycles. The van der Waals surface area contributed by atoms with Crippen molar-refractivity contribution in [3.8, 4) is 0 Å². The molecule has 0 aliphatic rings. The highest BCUT2D eigenvalue weighted by molar-refractivity contribution is 6.30. The predicted octanol–water partition coefficient (Wildman–Crippen LogP) is 3.69. The van der Waals surface area contributed by atoms with E-state index in [0.717, 1.165) is 16.8 Å². The number of carbonyl (C=O) groups is 1. The summed E-state index contributed by atoms with van der Waals surface area (Å²) in [6.45, 7) is 4.82. The highest BCUT2D eigenvalue weighted by Gasteiger charge is 2.03. The summed E-state index contributed by atoms with van der Waals surface area (Å²) in [5.74, 6) is -0.0362. The first-order chi connectivity index (χ1) is 10.0. The van der Waals surface area contributed by atoms with Crippen molar-refractivity contribution < 1.29 is 4.79 Å². The van der Waals surface area contributed by atoms with E-state index in [9.17, 15) is 4.79 Å². The van der Waals surface area contributed by atoms with Crippen molar-refractivity contribution in [2.24, 2.45) is 0 Å².